The normalized spacial score (nSPS) is 21.5. The number of ether oxygens (including phenoxy) is 1. The molecule has 3 aliphatic rings. The van der Waals surface area contributed by atoms with Crippen molar-refractivity contribution >= 4 is 22.7 Å². The van der Waals surface area contributed by atoms with E-state index >= 15 is 0 Å². The number of amides is 1. The van der Waals surface area contributed by atoms with E-state index in [2.05, 4.69) is 70.3 Å². The molecule has 2 atom stereocenters. The minimum Gasteiger partial charge on any atom is -0.465 e. The summed E-state index contributed by atoms with van der Waals surface area (Å²) in [5.41, 5.74) is 3.29. The molecule has 2 fully saturated rings. The van der Waals surface area contributed by atoms with E-state index in [0.29, 0.717) is 51.4 Å². The maximum atomic E-state index is 11.8. The van der Waals surface area contributed by atoms with Gasteiger partial charge in [0.1, 0.15) is 12.4 Å². The highest BCUT2D eigenvalue weighted by atomic mass is 16.5. The van der Waals surface area contributed by atoms with Crippen molar-refractivity contribution in [2.75, 3.05) is 44.7 Å². The molecule has 2 aromatic carbocycles. The van der Waals surface area contributed by atoms with Gasteiger partial charge in [0.2, 0.25) is 0 Å². The fraction of sp³-hybridized carbons (Fsp3) is 0.467. The summed E-state index contributed by atoms with van der Waals surface area (Å²) < 4.78 is 6.20. The van der Waals surface area contributed by atoms with Gasteiger partial charge >= 0.3 is 12.1 Å². The van der Waals surface area contributed by atoms with E-state index in [1.54, 1.807) is 0 Å². The molecule has 40 heavy (non-hydrogen) atoms. The van der Waals surface area contributed by atoms with Gasteiger partial charge in [0.25, 0.3) is 0 Å². The minimum atomic E-state index is -0.987. The third-order valence-electron chi connectivity index (χ3n) is 8.51. The monoisotopic (exact) mass is 541 g/mol. The number of piperazine rings is 1. The molecule has 3 aromatic rings. The number of nitrogens with zero attached hydrogens (tertiary/aromatic N) is 7. The van der Waals surface area contributed by atoms with Crippen LogP contribution in [-0.4, -0.2) is 87.8 Å². The van der Waals surface area contributed by atoms with Crippen molar-refractivity contribution in [3.8, 4) is 12.1 Å². The van der Waals surface area contributed by atoms with Gasteiger partial charge in [-0.1, -0.05) is 42.5 Å². The van der Waals surface area contributed by atoms with Crippen molar-refractivity contribution in [2.24, 2.45) is 0 Å². The van der Waals surface area contributed by atoms with Crippen LogP contribution in [0, 0.1) is 11.3 Å². The van der Waals surface area contributed by atoms with Crippen LogP contribution >= 0.6 is 0 Å². The van der Waals surface area contributed by atoms with Crippen molar-refractivity contribution in [1.82, 2.24) is 24.7 Å². The number of anilines is 1. The third kappa shape index (κ3) is 5.27. The van der Waals surface area contributed by atoms with Crippen LogP contribution in [0.15, 0.2) is 42.5 Å². The van der Waals surface area contributed by atoms with E-state index in [1.807, 2.05) is 0 Å². The van der Waals surface area contributed by atoms with Crippen molar-refractivity contribution in [3.63, 3.8) is 0 Å². The number of aromatic nitrogens is 2. The lowest BCUT2D eigenvalue weighted by Gasteiger charge is -2.40. The lowest BCUT2D eigenvalue weighted by molar-refractivity contribution is 0.119. The van der Waals surface area contributed by atoms with Gasteiger partial charge in [0.15, 0.2) is 0 Å². The second-order valence-corrected chi connectivity index (χ2v) is 11.1. The number of fused-ring (bicyclic) bond motifs is 2. The molecule has 0 spiro atoms. The molecule has 10 heteroatoms. The van der Waals surface area contributed by atoms with Gasteiger partial charge in [-0.25, -0.2) is 4.79 Å². The predicted octanol–water partition coefficient (Wildman–Crippen LogP) is 3.70. The van der Waals surface area contributed by atoms with Gasteiger partial charge < -0.3 is 24.5 Å². The Bertz CT molecular complexity index is 1440. The lowest BCUT2D eigenvalue weighted by Crippen LogP contribution is -2.55. The molecule has 10 nitrogen and oxygen atoms in total. The number of likely N-dealkylation sites (N-methyl/N-ethyl adjacent to an activating group) is 1. The molecule has 6 rings (SSSR count). The van der Waals surface area contributed by atoms with Crippen LogP contribution in [0.1, 0.15) is 36.1 Å². The highest BCUT2D eigenvalue weighted by Gasteiger charge is 2.35. The first-order valence-electron chi connectivity index (χ1n) is 14.0. The summed E-state index contributed by atoms with van der Waals surface area (Å²) in [6.07, 6.45) is 1.41. The SMILES string of the molecule is CN1CCCC1COc1nc2c(c(N3CCN(C(=O)O)[C@@H](CC#N)C3)n1)CN(Cc1cccc3ccccc13)C2. The van der Waals surface area contributed by atoms with E-state index in [1.165, 1.54) is 21.2 Å². The summed E-state index contributed by atoms with van der Waals surface area (Å²) in [5.74, 6) is 0.799. The highest BCUT2D eigenvalue weighted by Crippen LogP contribution is 2.34. The molecule has 4 heterocycles. The van der Waals surface area contributed by atoms with Crippen molar-refractivity contribution < 1.29 is 14.6 Å². The van der Waals surface area contributed by atoms with E-state index in [-0.39, 0.29) is 6.42 Å². The maximum absolute atomic E-state index is 11.8. The third-order valence-corrected chi connectivity index (χ3v) is 8.51. The number of hydrogen-bond acceptors (Lipinski definition) is 8. The molecular weight excluding hydrogens is 506 g/mol. The average molecular weight is 542 g/mol. The number of carboxylic acid groups (broad SMARTS) is 1. The average Bonchev–Trinajstić information content (AvgIpc) is 3.56. The van der Waals surface area contributed by atoms with Crippen LogP contribution in [0.3, 0.4) is 0 Å². The van der Waals surface area contributed by atoms with Crippen LogP contribution in [-0.2, 0) is 19.6 Å². The molecule has 3 aliphatic heterocycles. The first-order valence-corrected chi connectivity index (χ1v) is 14.0. The van der Waals surface area contributed by atoms with Crippen LogP contribution in [0.5, 0.6) is 6.01 Å². The minimum absolute atomic E-state index is 0.140. The number of nitriles is 1. The maximum Gasteiger partial charge on any atom is 0.407 e. The standard InChI is InChI=1S/C30H35N7O3/c1-34-13-5-9-24(34)20-40-29-32-27-19-35(16-22-8-4-7-21-6-2-3-10-25(21)22)18-26(27)28(33-29)36-14-15-37(30(38)39)23(17-36)11-12-31/h2-4,6-8,10,23-24H,5,9,11,13-20H2,1H3,(H,38,39)/t23-,24?/m0/s1. The number of rotatable bonds is 7. The summed E-state index contributed by atoms with van der Waals surface area (Å²) in [4.78, 5) is 29.8. The molecule has 0 saturated carbocycles. The van der Waals surface area contributed by atoms with Gasteiger partial charge in [-0.05, 0) is 42.8 Å². The number of likely N-dealkylation sites (tertiary alicyclic amines) is 1. The molecule has 1 aromatic heterocycles. The van der Waals surface area contributed by atoms with Crippen LogP contribution in [0.25, 0.3) is 10.8 Å². The van der Waals surface area contributed by atoms with Gasteiger partial charge in [0.05, 0.1) is 24.2 Å². The highest BCUT2D eigenvalue weighted by molar-refractivity contribution is 5.85. The lowest BCUT2D eigenvalue weighted by atomic mass is 10.0. The summed E-state index contributed by atoms with van der Waals surface area (Å²) in [6.45, 7) is 5.02. The van der Waals surface area contributed by atoms with E-state index in [0.717, 1.165) is 43.0 Å². The Morgan fingerprint density at radius 2 is 1.95 bits per heavy atom. The van der Waals surface area contributed by atoms with E-state index in [9.17, 15) is 15.2 Å². The largest absolute Gasteiger partial charge is 0.465 e. The summed E-state index contributed by atoms with van der Waals surface area (Å²) >= 11 is 0. The second-order valence-electron chi connectivity index (χ2n) is 11.1. The molecule has 0 radical (unpaired) electrons. The summed E-state index contributed by atoms with van der Waals surface area (Å²) in [7, 11) is 2.12. The predicted molar refractivity (Wildman–Crippen MR) is 151 cm³/mol. The zero-order valence-electron chi connectivity index (χ0n) is 22.9. The molecule has 2 saturated heterocycles. The van der Waals surface area contributed by atoms with Gasteiger partial charge in [-0.15, -0.1) is 0 Å². The topological polar surface area (TPSA) is 109 Å². The summed E-state index contributed by atoms with van der Waals surface area (Å²) in [5, 5.41) is 21.5. The number of carbonyl (C=O) groups is 1. The molecular formula is C30H35N7O3. The fourth-order valence-electron chi connectivity index (χ4n) is 6.33. The number of hydrogen-bond donors (Lipinski definition) is 1. The number of benzene rings is 2. The fourth-order valence-corrected chi connectivity index (χ4v) is 6.33. The molecule has 0 bridgehead atoms. The Kier molecular flexibility index (Phi) is 7.41. The van der Waals surface area contributed by atoms with Gasteiger partial charge in [-0.2, -0.15) is 15.2 Å². The quantitative estimate of drug-likeness (QED) is 0.479. The molecule has 1 N–H and O–H groups in total. The first kappa shape index (κ1) is 26.3. The zero-order chi connectivity index (χ0) is 27.6. The molecule has 1 amide bonds. The zero-order valence-corrected chi connectivity index (χ0v) is 22.9. The Morgan fingerprint density at radius 1 is 1.10 bits per heavy atom. The molecule has 1 unspecified atom stereocenters. The first-order chi connectivity index (χ1) is 19.5. The molecule has 208 valence electrons. The van der Waals surface area contributed by atoms with Crippen molar-refractivity contribution in [1.29, 1.82) is 5.26 Å². The second kappa shape index (κ2) is 11.3. The van der Waals surface area contributed by atoms with Crippen molar-refractivity contribution in [2.45, 2.75) is 51.0 Å². The Labute approximate surface area is 234 Å². The molecule has 0 aliphatic carbocycles. The Balaban J connectivity index is 1.28. The van der Waals surface area contributed by atoms with Gasteiger partial charge in [0, 0.05) is 50.9 Å². The Hall–Kier alpha value is -3.94. The van der Waals surface area contributed by atoms with Crippen molar-refractivity contribution in [3.05, 3.63) is 59.3 Å². The van der Waals surface area contributed by atoms with Crippen LogP contribution in [0.4, 0.5) is 10.6 Å². The smallest absolute Gasteiger partial charge is 0.407 e. The van der Waals surface area contributed by atoms with E-state index in [4.69, 9.17) is 14.7 Å². The van der Waals surface area contributed by atoms with Crippen LogP contribution < -0.4 is 9.64 Å². The van der Waals surface area contributed by atoms with Gasteiger partial charge in [-0.3, -0.25) is 4.90 Å². The summed E-state index contributed by atoms with van der Waals surface area (Å²) in [6, 6.07) is 17.4. The van der Waals surface area contributed by atoms with Crippen LogP contribution in [0.2, 0.25) is 0 Å². The Morgan fingerprint density at radius 3 is 2.75 bits per heavy atom. The van der Waals surface area contributed by atoms with E-state index < -0.39 is 12.1 Å².